The molecule has 5 heteroatoms. The second-order valence-electron chi connectivity index (χ2n) is 5.83. The van der Waals surface area contributed by atoms with Gasteiger partial charge < -0.3 is 13.7 Å². The molecular weight excluding hydrogens is 332 g/mol. The highest BCUT2D eigenvalue weighted by atomic mass is 28.5. The predicted molar refractivity (Wildman–Crippen MR) is 101 cm³/mol. The van der Waals surface area contributed by atoms with E-state index in [4.69, 9.17) is 4.12 Å². The maximum absolute atomic E-state index is 11.5. The van der Waals surface area contributed by atoms with E-state index in [1.807, 2.05) is 91.0 Å². The SMILES string of the molecule is C[Si](O)(O[Si](O)(c1ccccc1)c1ccccc1)c1ccccc1. The van der Waals surface area contributed by atoms with Crippen LogP contribution in [0.3, 0.4) is 0 Å². The van der Waals surface area contributed by atoms with Crippen molar-refractivity contribution in [1.82, 2.24) is 0 Å². The maximum Gasteiger partial charge on any atom is 0.395 e. The van der Waals surface area contributed by atoms with Crippen molar-refractivity contribution in [1.29, 1.82) is 0 Å². The van der Waals surface area contributed by atoms with Crippen LogP contribution >= 0.6 is 0 Å². The molecule has 0 spiro atoms. The normalized spacial score (nSPS) is 14.1. The summed E-state index contributed by atoms with van der Waals surface area (Å²) >= 11 is 0. The first-order chi connectivity index (χ1) is 11.5. The fraction of sp³-hybridized carbons (Fsp3) is 0.0526. The number of hydrogen-bond acceptors (Lipinski definition) is 3. The van der Waals surface area contributed by atoms with Gasteiger partial charge in [0.05, 0.1) is 0 Å². The van der Waals surface area contributed by atoms with Gasteiger partial charge in [-0.1, -0.05) is 91.0 Å². The van der Waals surface area contributed by atoms with Crippen molar-refractivity contribution in [2.45, 2.75) is 6.55 Å². The van der Waals surface area contributed by atoms with Gasteiger partial charge in [0.25, 0.3) is 0 Å². The van der Waals surface area contributed by atoms with Gasteiger partial charge in [-0.2, -0.15) is 0 Å². The highest BCUT2D eigenvalue weighted by molar-refractivity contribution is 6.98. The minimum atomic E-state index is -3.51. The second kappa shape index (κ2) is 6.84. The maximum atomic E-state index is 11.5. The van der Waals surface area contributed by atoms with Crippen LogP contribution in [0.5, 0.6) is 0 Å². The largest absolute Gasteiger partial charge is 0.408 e. The van der Waals surface area contributed by atoms with Crippen molar-refractivity contribution >= 4 is 32.7 Å². The van der Waals surface area contributed by atoms with Crippen molar-refractivity contribution in [3.05, 3.63) is 91.0 Å². The Kier molecular flexibility index (Phi) is 4.79. The summed E-state index contributed by atoms with van der Waals surface area (Å²) in [7, 11) is -6.78. The molecule has 0 heterocycles. The predicted octanol–water partition coefficient (Wildman–Crippen LogP) is 1.22. The van der Waals surface area contributed by atoms with E-state index in [-0.39, 0.29) is 0 Å². The van der Waals surface area contributed by atoms with E-state index in [9.17, 15) is 9.59 Å². The third-order valence-corrected chi connectivity index (χ3v) is 10.4. The topological polar surface area (TPSA) is 49.7 Å². The summed E-state index contributed by atoms with van der Waals surface area (Å²) in [6, 6.07) is 28.0. The zero-order chi connectivity index (χ0) is 17.0. The standard InChI is InChI=1S/C19H20O3Si2/c1-23(20,17-11-5-2-6-12-17)22-24(21,18-13-7-3-8-14-18)19-15-9-4-10-16-19/h2-16,20-21H,1H3. The zero-order valence-electron chi connectivity index (χ0n) is 13.5. The van der Waals surface area contributed by atoms with Gasteiger partial charge in [0.1, 0.15) is 0 Å². The molecule has 0 aliphatic heterocycles. The Morgan fingerprint density at radius 1 is 0.583 bits per heavy atom. The Bertz CT molecular complexity index is 738. The van der Waals surface area contributed by atoms with Crippen LogP contribution < -0.4 is 15.6 Å². The van der Waals surface area contributed by atoms with Crippen LogP contribution in [0.15, 0.2) is 91.0 Å². The second-order valence-corrected chi connectivity index (χ2v) is 11.6. The fourth-order valence-corrected chi connectivity index (χ4v) is 8.85. The van der Waals surface area contributed by atoms with Gasteiger partial charge in [-0.05, 0) is 22.1 Å². The first-order valence-corrected chi connectivity index (χ1v) is 12.0. The van der Waals surface area contributed by atoms with Crippen molar-refractivity contribution in [3.63, 3.8) is 0 Å². The summed E-state index contributed by atoms with van der Waals surface area (Å²) in [5.74, 6) is 0. The molecule has 0 radical (unpaired) electrons. The quantitative estimate of drug-likeness (QED) is 0.679. The van der Waals surface area contributed by atoms with Gasteiger partial charge in [0.15, 0.2) is 0 Å². The van der Waals surface area contributed by atoms with Crippen LogP contribution in [0.2, 0.25) is 6.55 Å². The van der Waals surface area contributed by atoms with E-state index in [2.05, 4.69) is 0 Å². The number of hydrogen-bond donors (Lipinski definition) is 2. The minimum absolute atomic E-state index is 0.722. The molecular formula is C19H20O3Si2. The molecule has 0 fully saturated rings. The van der Waals surface area contributed by atoms with Crippen LogP contribution in [0.25, 0.3) is 0 Å². The molecule has 24 heavy (non-hydrogen) atoms. The lowest BCUT2D eigenvalue weighted by Crippen LogP contribution is -2.68. The molecule has 0 aliphatic carbocycles. The molecule has 1 atom stereocenters. The van der Waals surface area contributed by atoms with Crippen LogP contribution in [0.1, 0.15) is 0 Å². The van der Waals surface area contributed by atoms with Gasteiger partial charge in [0, 0.05) is 0 Å². The molecule has 0 saturated heterocycles. The van der Waals surface area contributed by atoms with Crippen molar-refractivity contribution < 1.29 is 13.7 Å². The summed E-state index contributed by atoms with van der Waals surface area (Å²) < 4.78 is 6.17. The van der Waals surface area contributed by atoms with Crippen LogP contribution in [0.4, 0.5) is 0 Å². The summed E-state index contributed by atoms with van der Waals surface area (Å²) in [5, 5.41) is 2.18. The van der Waals surface area contributed by atoms with Gasteiger partial charge in [-0.15, -0.1) is 0 Å². The number of benzene rings is 3. The van der Waals surface area contributed by atoms with E-state index in [1.165, 1.54) is 0 Å². The zero-order valence-corrected chi connectivity index (χ0v) is 15.5. The molecule has 3 rings (SSSR count). The van der Waals surface area contributed by atoms with Crippen LogP contribution in [0, 0.1) is 0 Å². The molecule has 0 aliphatic rings. The van der Waals surface area contributed by atoms with E-state index >= 15 is 0 Å². The monoisotopic (exact) mass is 352 g/mol. The minimum Gasteiger partial charge on any atom is -0.408 e. The molecule has 3 aromatic carbocycles. The average Bonchev–Trinajstić information content (AvgIpc) is 2.63. The lowest BCUT2D eigenvalue weighted by molar-refractivity contribution is 0.340. The third-order valence-electron chi connectivity index (χ3n) is 3.99. The summed E-state index contributed by atoms with van der Waals surface area (Å²) in [6.07, 6.45) is 0. The highest BCUT2D eigenvalue weighted by Crippen LogP contribution is 2.12. The molecule has 0 saturated carbocycles. The summed E-state index contributed by atoms with van der Waals surface area (Å²) in [4.78, 5) is 22.6. The molecule has 0 aromatic heterocycles. The molecule has 2 N–H and O–H groups in total. The van der Waals surface area contributed by atoms with Gasteiger partial charge in [0.2, 0.25) is 0 Å². The molecule has 0 bridgehead atoms. The third kappa shape index (κ3) is 3.40. The molecule has 0 amide bonds. The van der Waals surface area contributed by atoms with E-state index in [1.54, 1.807) is 6.55 Å². The molecule has 122 valence electrons. The summed E-state index contributed by atoms with van der Waals surface area (Å²) in [6.45, 7) is 1.70. The average molecular weight is 353 g/mol. The molecule has 3 aromatic rings. The summed E-state index contributed by atoms with van der Waals surface area (Å²) in [5.41, 5.74) is 0. The van der Waals surface area contributed by atoms with E-state index in [0.717, 1.165) is 15.6 Å². The van der Waals surface area contributed by atoms with Crippen LogP contribution in [-0.2, 0) is 4.12 Å². The van der Waals surface area contributed by atoms with Crippen molar-refractivity contribution in [2.24, 2.45) is 0 Å². The van der Waals surface area contributed by atoms with Crippen molar-refractivity contribution in [3.8, 4) is 0 Å². The lowest BCUT2D eigenvalue weighted by atomic mass is 10.4. The first-order valence-electron chi connectivity index (χ1n) is 7.84. The Labute approximate surface area is 144 Å². The first kappa shape index (κ1) is 16.8. The van der Waals surface area contributed by atoms with Gasteiger partial charge in [-0.3, -0.25) is 0 Å². The van der Waals surface area contributed by atoms with Crippen molar-refractivity contribution in [2.75, 3.05) is 0 Å². The number of rotatable bonds is 5. The Balaban J connectivity index is 2.06. The Morgan fingerprint density at radius 2 is 0.917 bits per heavy atom. The van der Waals surface area contributed by atoms with Gasteiger partial charge >= 0.3 is 17.1 Å². The smallest absolute Gasteiger partial charge is 0.395 e. The Morgan fingerprint density at radius 3 is 1.29 bits per heavy atom. The Hall–Kier alpha value is -2.03. The fourth-order valence-electron chi connectivity index (χ4n) is 2.71. The molecule has 3 nitrogen and oxygen atoms in total. The molecule has 1 unspecified atom stereocenters. The van der Waals surface area contributed by atoms with Crippen LogP contribution in [-0.4, -0.2) is 26.7 Å². The van der Waals surface area contributed by atoms with E-state index in [0.29, 0.717) is 0 Å². The lowest BCUT2D eigenvalue weighted by Gasteiger charge is -2.33. The van der Waals surface area contributed by atoms with Gasteiger partial charge in [-0.25, -0.2) is 0 Å². The van der Waals surface area contributed by atoms with E-state index < -0.39 is 17.1 Å². The highest BCUT2D eigenvalue weighted by Gasteiger charge is 2.46.